The summed E-state index contributed by atoms with van der Waals surface area (Å²) >= 11 is 3.76. The van der Waals surface area contributed by atoms with Crippen LogP contribution >= 0.6 is 22.7 Å². The standard InChI is InChI=1S/C19H27N3OS2/c23-10-7-15-12-21(8-9-22(15)13-16-4-3-11-24-16)14-19-20-17-5-1-2-6-18(17)25-19/h3-4,11,15,23H,1-2,5-10,12-14H2/t15-/m0/s1. The highest BCUT2D eigenvalue weighted by Gasteiger charge is 2.27. The Hall–Kier alpha value is -0.790. The lowest BCUT2D eigenvalue weighted by Crippen LogP contribution is -2.52. The molecule has 4 nitrogen and oxygen atoms in total. The van der Waals surface area contributed by atoms with E-state index in [1.54, 1.807) is 0 Å². The zero-order chi connectivity index (χ0) is 17.1. The van der Waals surface area contributed by atoms with E-state index in [0.29, 0.717) is 6.04 Å². The number of thiophene rings is 1. The van der Waals surface area contributed by atoms with Crippen LogP contribution in [0.1, 0.15) is 39.7 Å². The van der Waals surface area contributed by atoms with Crippen LogP contribution in [0.4, 0.5) is 0 Å². The molecule has 3 heterocycles. The number of nitrogens with zero attached hydrogens (tertiary/aromatic N) is 3. The fourth-order valence-corrected chi connectivity index (χ4v) is 5.93. The van der Waals surface area contributed by atoms with Gasteiger partial charge < -0.3 is 5.11 Å². The van der Waals surface area contributed by atoms with Crippen molar-refractivity contribution in [2.75, 3.05) is 26.2 Å². The number of rotatable bonds is 6. The molecule has 0 unspecified atom stereocenters. The zero-order valence-corrected chi connectivity index (χ0v) is 16.3. The Morgan fingerprint density at radius 1 is 1.20 bits per heavy atom. The monoisotopic (exact) mass is 377 g/mol. The first-order chi connectivity index (χ1) is 12.3. The Labute approximate surface area is 158 Å². The SMILES string of the molecule is OCC[C@H]1CN(Cc2nc3c(s2)CCCC3)CCN1Cc1cccs1. The van der Waals surface area contributed by atoms with Crippen LogP contribution in [0.5, 0.6) is 0 Å². The lowest BCUT2D eigenvalue weighted by atomic mass is 10.0. The minimum absolute atomic E-state index is 0.269. The van der Waals surface area contributed by atoms with Crippen molar-refractivity contribution in [1.82, 2.24) is 14.8 Å². The van der Waals surface area contributed by atoms with E-state index in [9.17, 15) is 5.11 Å². The van der Waals surface area contributed by atoms with Crippen LogP contribution in [-0.4, -0.2) is 52.2 Å². The van der Waals surface area contributed by atoms with Gasteiger partial charge in [-0.1, -0.05) is 6.07 Å². The van der Waals surface area contributed by atoms with Gasteiger partial charge in [0.25, 0.3) is 0 Å². The maximum atomic E-state index is 9.50. The molecule has 1 saturated heterocycles. The van der Waals surface area contributed by atoms with Gasteiger partial charge in [0, 0.05) is 48.6 Å². The summed E-state index contributed by atoms with van der Waals surface area (Å²) in [5, 5.41) is 12.9. The summed E-state index contributed by atoms with van der Waals surface area (Å²) in [5.74, 6) is 0. The third-order valence-electron chi connectivity index (χ3n) is 5.34. The van der Waals surface area contributed by atoms with E-state index in [0.717, 1.165) is 39.1 Å². The molecule has 1 N–H and O–H groups in total. The first kappa shape index (κ1) is 17.6. The highest BCUT2D eigenvalue weighted by Crippen LogP contribution is 2.28. The van der Waals surface area contributed by atoms with E-state index in [1.165, 1.54) is 46.1 Å². The summed E-state index contributed by atoms with van der Waals surface area (Å²) in [6.45, 7) is 5.47. The average Bonchev–Trinajstić information content (AvgIpc) is 3.26. The molecule has 6 heteroatoms. The minimum atomic E-state index is 0.269. The van der Waals surface area contributed by atoms with Crippen LogP contribution < -0.4 is 0 Å². The predicted molar refractivity (Wildman–Crippen MR) is 104 cm³/mol. The molecule has 0 saturated carbocycles. The maximum Gasteiger partial charge on any atom is 0.107 e. The van der Waals surface area contributed by atoms with Gasteiger partial charge in [0.1, 0.15) is 5.01 Å². The number of hydrogen-bond donors (Lipinski definition) is 1. The van der Waals surface area contributed by atoms with Crippen LogP contribution in [-0.2, 0) is 25.9 Å². The smallest absolute Gasteiger partial charge is 0.107 e. The first-order valence-corrected chi connectivity index (χ1v) is 11.1. The molecule has 0 aromatic carbocycles. The maximum absolute atomic E-state index is 9.50. The molecular weight excluding hydrogens is 350 g/mol. The molecule has 0 amide bonds. The number of aliphatic hydroxyl groups excluding tert-OH is 1. The van der Waals surface area contributed by atoms with Crippen LogP contribution in [0.15, 0.2) is 17.5 Å². The Kier molecular flexibility index (Phi) is 5.83. The average molecular weight is 378 g/mol. The fourth-order valence-electron chi connectivity index (χ4n) is 4.00. The number of thiazole rings is 1. The molecule has 2 aromatic rings. The van der Waals surface area contributed by atoms with E-state index in [-0.39, 0.29) is 6.61 Å². The van der Waals surface area contributed by atoms with E-state index in [4.69, 9.17) is 4.98 Å². The number of aliphatic hydroxyl groups is 1. The Balaban J connectivity index is 1.38. The molecular formula is C19H27N3OS2. The Morgan fingerprint density at radius 3 is 2.92 bits per heavy atom. The van der Waals surface area contributed by atoms with Gasteiger partial charge in [0.2, 0.25) is 0 Å². The largest absolute Gasteiger partial charge is 0.396 e. The molecule has 2 aliphatic rings. The van der Waals surface area contributed by atoms with Crippen molar-refractivity contribution in [3.63, 3.8) is 0 Å². The van der Waals surface area contributed by atoms with E-state index in [2.05, 4.69) is 27.3 Å². The van der Waals surface area contributed by atoms with Gasteiger partial charge >= 0.3 is 0 Å². The summed E-state index contributed by atoms with van der Waals surface area (Å²) in [4.78, 5) is 12.9. The highest BCUT2D eigenvalue weighted by molar-refractivity contribution is 7.11. The Morgan fingerprint density at radius 2 is 2.12 bits per heavy atom. The van der Waals surface area contributed by atoms with E-state index >= 15 is 0 Å². The van der Waals surface area contributed by atoms with Crippen LogP contribution in [0, 0.1) is 0 Å². The molecule has 4 rings (SSSR count). The summed E-state index contributed by atoms with van der Waals surface area (Å²) in [7, 11) is 0. The zero-order valence-electron chi connectivity index (χ0n) is 14.7. The van der Waals surface area contributed by atoms with Gasteiger partial charge in [0.05, 0.1) is 12.2 Å². The lowest BCUT2D eigenvalue weighted by molar-refractivity contribution is 0.0506. The van der Waals surface area contributed by atoms with Gasteiger partial charge in [-0.05, 0) is 43.6 Å². The second-order valence-corrected chi connectivity index (χ2v) is 9.34. The predicted octanol–water partition coefficient (Wildman–Crippen LogP) is 3.15. The van der Waals surface area contributed by atoms with Crippen LogP contribution in [0.25, 0.3) is 0 Å². The normalized spacial score (nSPS) is 22.2. The second kappa shape index (κ2) is 8.27. The highest BCUT2D eigenvalue weighted by atomic mass is 32.1. The number of piperazine rings is 1. The molecule has 136 valence electrons. The van der Waals surface area contributed by atoms with Crippen molar-refractivity contribution in [3.05, 3.63) is 38.0 Å². The first-order valence-electron chi connectivity index (χ1n) is 9.39. The van der Waals surface area contributed by atoms with E-state index in [1.807, 2.05) is 22.7 Å². The summed E-state index contributed by atoms with van der Waals surface area (Å²) in [6, 6.07) is 4.78. The van der Waals surface area contributed by atoms with Gasteiger partial charge in [-0.2, -0.15) is 0 Å². The van der Waals surface area contributed by atoms with Crippen molar-refractivity contribution in [1.29, 1.82) is 0 Å². The fraction of sp³-hybridized carbons (Fsp3) is 0.632. The van der Waals surface area contributed by atoms with Gasteiger partial charge in [-0.25, -0.2) is 4.98 Å². The molecule has 0 spiro atoms. The molecule has 0 bridgehead atoms. The van der Waals surface area contributed by atoms with E-state index < -0.39 is 0 Å². The molecule has 1 aliphatic heterocycles. The number of hydrogen-bond acceptors (Lipinski definition) is 6. The van der Waals surface area contributed by atoms with Crippen molar-refractivity contribution < 1.29 is 5.11 Å². The van der Waals surface area contributed by atoms with Crippen molar-refractivity contribution in [2.24, 2.45) is 0 Å². The third-order valence-corrected chi connectivity index (χ3v) is 7.34. The third kappa shape index (κ3) is 4.31. The van der Waals surface area contributed by atoms with Crippen LogP contribution in [0.2, 0.25) is 0 Å². The van der Waals surface area contributed by atoms with Crippen molar-refractivity contribution in [3.8, 4) is 0 Å². The second-order valence-electron chi connectivity index (χ2n) is 7.14. The molecule has 1 fully saturated rings. The van der Waals surface area contributed by atoms with Gasteiger partial charge in [-0.3, -0.25) is 9.80 Å². The van der Waals surface area contributed by atoms with Crippen LogP contribution in [0.3, 0.4) is 0 Å². The lowest BCUT2D eigenvalue weighted by Gasteiger charge is -2.41. The number of fused-ring (bicyclic) bond motifs is 1. The number of aromatic nitrogens is 1. The summed E-state index contributed by atoms with van der Waals surface area (Å²) in [6.07, 6.45) is 5.89. The summed E-state index contributed by atoms with van der Waals surface area (Å²) < 4.78 is 0. The van der Waals surface area contributed by atoms with Gasteiger partial charge in [-0.15, -0.1) is 22.7 Å². The Bertz CT molecular complexity index is 647. The molecule has 1 aliphatic carbocycles. The number of aryl methyl sites for hydroxylation is 2. The molecule has 25 heavy (non-hydrogen) atoms. The quantitative estimate of drug-likeness (QED) is 0.839. The van der Waals surface area contributed by atoms with Gasteiger partial charge in [0.15, 0.2) is 0 Å². The molecule has 0 radical (unpaired) electrons. The van der Waals surface area contributed by atoms with Crippen molar-refractivity contribution in [2.45, 2.75) is 51.2 Å². The van der Waals surface area contributed by atoms with Crippen molar-refractivity contribution >= 4 is 22.7 Å². The molecule has 1 atom stereocenters. The molecule has 2 aromatic heterocycles. The summed E-state index contributed by atoms with van der Waals surface area (Å²) in [5.41, 5.74) is 1.37. The minimum Gasteiger partial charge on any atom is -0.396 e. The topological polar surface area (TPSA) is 39.6 Å².